The predicted molar refractivity (Wildman–Crippen MR) is 73.8 cm³/mol. The van der Waals surface area contributed by atoms with Crippen LogP contribution >= 0.6 is 23.2 Å². The van der Waals surface area contributed by atoms with E-state index in [4.69, 9.17) is 23.2 Å². The van der Waals surface area contributed by atoms with Gasteiger partial charge in [-0.2, -0.15) is 0 Å². The molecular weight excluding hydrogens is 257 g/mol. The Kier molecular flexibility index (Phi) is 6.28. The second kappa shape index (κ2) is 7.22. The quantitative estimate of drug-likeness (QED) is 0.828. The molecule has 2 N–H and O–H groups in total. The summed E-state index contributed by atoms with van der Waals surface area (Å²) >= 11 is 11.7. The SMILES string of the molecule is CCC[C@H](C)NC[C@@H](O)c1ccc(Cl)c(Cl)c1. The molecule has 0 amide bonds. The average molecular weight is 276 g/mol. The summed E-state index contributed by atoms with van der Waals surface area (Å²) in [5.74, 6) is 0. The highest BCUT2D eigenvalue weighted by Gasteiger charge is 2.10. The lowest BCUT2D eigenvalue weighted by molar-refractivity contribution is 0.170. The first-order valence-electron chi connectivity index (χ1n) is 5.91. The third-order valence-electron chi connectivity index (χ3n) is 2.71. The maximum atomic E-state index is 9.99. The molecule has 0 radical (unpaired) electrons. The molecule has 2 atom stereocenters. The van der Waals surface area contributed by atoms with Gasteiger partial charge in [0.2, 0.25) is 0 Å². The molecule has 0 fully saturated rings. The molecule has 0 saturated carbocycles. The van der Waals surface area contributed by atoms with Crippen LogP contribution < -0.4 is 5.32 Å². The summed E-state index contributed by atoms with van der Waals surface area (Å²) in [5, 5.41) is 14.3. The van der Waals surface area contributed by atoms with Crippen LogP contribution in [0.3, 0.4) is 0 Å². The first kappa shape index (κ1) is 14.8. The van der Waals surface area contributed by atoms with E-state index in [0.29, 0.717) is 22.6 Å². The predicted octanol–water partition coefficient (Wildman–Crippen LogP) is 3.81. The Labute approximate surface area is 113 Å². The van der Waals surface area contributed by atoms with Crippen molar-refractivity contribution in [3.63, 3.8) is 0 Å². The molecule has 0 saturated heterocycles. The lowest BCUT2D eigenvalue weighted by atomic mass is 10.1. The Morgan fingerprint density at radius 1 is 1.29 bits per heavy atom. The van der Waals surface area contributed by atoms with Crippen LogP contribution in [0.1, 0.15) is 38.4 Å². The number of benzene rings is 1. The van der Waals surface area contributed by atoms with E-state index in [-0.39, 0.29) is 0 Å². The number of hydrogen-bond donors (Lipinski definition) is 2. The van der Waals surface area contributed by atoms with Crippen LogP contribution in [0.5, 0.6) is 0 Å². The van der Waals surface area contributed by atoms with Crippen LogP contribution in [0.2, 0.25) is 10.0 Å². The van der Waals surface area contributed by atoms with Crippen LogP contribution in [0.4, 0.5) is 0 Å². The molecule has 17 heavy (non-hydrogen) atoms. The lowest BCUT2D eigenvalue weighted by Crippen LogP contribution is -2.30. The van der Waals surface area contributed by atoms with E-state index >= 15 is 0 Å². The molecule has 0 heterocycles. The molecule has 1 aromatic rings. The first-order valence-corrected chi connectivity index (χ1v) is 6.66. The summed E-state index contributed by atoms with van der Waals surface area (Å²) in [6, 6.07) is 5.63. The Bertz CT molecular complexity index is 357. The third kappa shape index (κ3) is 4.84. The molecule has 1 aromatic carbocycles. The van der Waals surface area contributed by atoms with E-state index in [1.165, 1.54) is 0 Å². The van der Waals surface area contributed by atoms with Gasteiger partial charge in [0.15, 0.2) is 0 Å². The van der Waals surface area contributed by atoms with Gasteiger partial charge in [0.1, 0.15) is 0 Å². The molecule has 1 rings (SSSR count). The van der Waals surface area contributed by atoms with E-state index in [0.717, 1.165) is 18.4 Å². The smallest absolute Gasteiger partial charge is 0.0915 e. The van der Waals surface area contributed by atoms with Gasteiger partial charge in [0.25, 0.3) is 0 Å². The minimum absolute atomic E-state index is 0.414. The molecule has 4 heteroatoms. The highest BCUT2D eigenvalue weighted by atomic mass is 35.5. The summed E-state index contributed by atoms with van der Waals surface area (Å²) in [6.07, 6.45) is 1.69. The summed E-state index contributed by atoms with van der Waals surface area (Å²) in [7, 11) is 0. The zero-order valence-corrected chi connectivity index (χ0v) is 11.7. The van der Waals surface area contributed by atoms with Crippen LogP contribution in [0, 0.1) is 0 Å². The van der Waals surface area contributed by atoms with Crippen molar-refractivity contribution in [3.8, 4) is 0 Å². The maximum Gasteiger partial charge on any atom is 0.0915 e. The van der Waals surface area contributed by atoms with Crippen molar-refractivity contribution in [3.05, 3.63) is 33.8 Å². The van der Waals surface area contributed by atoms with E-state index in [9.17, 15) is 5.11 Å². The molecule has 2 nitrogen and oxygen atoms in total. The molecular formula is C13H19Cl2NO. The zero-order chi connectivity index (χ0) is 12.8. The minimum Gasteiger partial charge on any atom is -0.387 e. The molecule has 0 aliphatic carbocycles. The summed E-state index contributed by atoms with van der Waals surface area (Å²) in [5.41, 5.74) is 0.788. The molecule has 0 spiro atoms. The second-order valence-corrected chi connectivity index (χ2v) is 5.10. The van der Waals surface area contributed by atoms with Crippen molar-refractivity contribution < 1.29 is 5.11 Å². The highest BCUT2D eigenvalue weighted by Crippen LogP contribution is 2.25. The van der Waals surface area contributed by atoms with E-state index < -0.39 is 6.10 Å². The number of nitrogens with one attached hydrogen (secondary N) is 1. The minimum atomic E-state index is -0.552. The number of hydrogen-bond acceptors (Lipinski definition) is 2. The fourth-order valence-electron chi connectivity index (χ4n) is 1.69. The molecule has 0 aliphatic rings. The topological polar surface area (TPSA) is 32.3 Å². The highest BCUT2D eigenvalue weighted by molar-refractivity contribution is 6.42. The van der Waals surface area contributed by atoms with E-state index in [1.54, 1.807) is 18.2 Å². The zero-order valence-electron chi connectivity index (χ0n) is 10.2. The van der Waals surface area contributed by atoms with Gasteiger partial charge in [-0.15, -0.1) is 0 Å². The monoisotopic (exact) mass is 275 g/mol. The summed E-state index contributed by atoms with van der Waals surface area (Å²) in [6.45, 7) is 4.79. The molecule has 0 aromatic heterocycles. The number of rotatable bonds is 6. The van der Waals surface area contributed by atoms with Gasteiger partial charge in [-0.25, -0.2) is 0 Å². The maximum absolute atomic E-state index is 9.99. The second-order valence-electron chi connectivity index (χ2n) is 4.29. The Balaban J connectivity index is 2.52. The molecule has 96 valence electrons. The standard InChI is InChI=1S/C13H19Cl2NO/c1-3-4-9(2)16-8-13(17)10-5-6-11(14)12(15)7-10/h5-7,9,13,16-17H,3-4,8H2,1-2H3/t9-,13+/m0/s1. The van der Waals surface area contributed by atoms with Crippen LogP contribution in [-0.2, 0) is 0 Å². The van der Waals surface area contributed by atoms with Crippen molar-refractivity contribution in [2.45, 2.75) is 38.8 Å². The van der Waals surface area contributed by atoms with Gasteiger partial charge in [0.05, 0.1) is 16.1 Å². The van der Waals surface area contributed by atoms with Crippen LogP contribution in [-0.4, -0.2) is 17.7 Å². The fourth-order valence-corrected chi connectivity index (χ4v) is 1.99. The summed E-state index contributed by atoms with van der Waals surface area (Å²) in [4.78, 5) is 0. The van der Waals surface area contributed by atoms with Crippen molar-refractivity contribution in [2.75, 3.05) is 6.54 Å². The van der Waals surface area contributed by atoms with Crippen LogP contribution in [0.25, 0.3) is 0 Å². The van der Waals surface area contributed by atoms with Gasteiger partial charge < -0.3 is 10.4 Å². The van der Waals surface area contributed by atoms with Crippen molar-refractivity contribution in [1.82, 2.24) is 5.32 Å². The largest absolute Gasteiger partial charge is 0.387 e. The number of aliphatic hydroxyl groups excluding tert-OH is 1. The summed E-state index contributed by atoms with van der Waals surface area (Å²) < 4.78 is 0. The van der Waals surface area contributed by atoms with Crippen molar-refractivity contribution in [2.24, 2.45) is 0 Å². The normalized spacial score (nSPS) is 14.6. The third-order valence-corrected chi connectivity index (χ3v) is 3.45. The Hall–Kier alpha value is -0.280. The van der Waals surface area contributed by atoms with E-state index in [2.05, 4.69) is 19.2 Å². The molecule has 0 aliphatic heterocycles. The Morgan fingerprint density at radius 2 is 2.00 bits per heavy atom. The van der Waals surface area contributed by atoms with Crippen LogP contribution in [0.15, 0.2) is 18.2 Å². The number of halogens is 2. The van der Waals surface area contributed by atoms with Gasteiger partial charge in [-0.05, 0) is 31.0 Å². The van der Waals surface area contributed by atoms with Crippen molar-refractivity contribution >= 4 is 23.2 Å². The first-order chi connectivity index (χ1) is 8.04. The average Bonchev–Trinajstić information content (AvgIpc) is 2.30. The Morgan fingerprint density at radius 3 is 2.59 bits per heavy atom. The van der Waals surface area contributed by atoms with Gasteiger partial charge >= 0.3 is 0 Å². The van der Waals surface area contributed by atoms with E-state index in [1.807, 2.05) is 0 Å². The number of aliphatic hydroxyl groups is 1. The molecule has 0 unspecified atom stereocenters. The van der Waals surface area contributed by atoms with Gasteiger partial charge in [-0.3, -0.25) is 0 Å². The van der Waals surface area contributed by atoms with Gasteiger partial charge in [-0.1, -0.05) is 42.6 Å². The van der Waals surface area contributed by atoms with Gasteiger partial charge in [0, 0.05) is 12.6 Å². The lowest BCUT2D eigenvalue weighted by Gasteiger charge is -2.17. The fraction of sp³-hybridized carbons (Fsp3) is 0.538. The van der Waals surface area contributed by atoms with Crippen molar-refractivity contribution in [1.29, 1.82) is 0 Å². The molecule has 0 bridgehead atoms.